The molecule has 1 aliphatic rings. The van der Waals surface area contributed by atoms with Crippen LogP contribution in [0.4, 0.5) is 0 Å². The van der Waals surface area contributed by atoms with Crippen LogP contribution < -0.4 is 0 Å². The van der Waals surface area contributed by atoms with Gasteiger partial charge in [0.1, 0.15) is 0 Å². The smallest absolute Gasteiger partial charge is 0.0150 e. The number of hydrogen-bond donors (Lipinski definition) is 0. The van der Waals surface area contributed by atoms with Gasteiger partial charge < -0.3 is 0 Å². The van der Waals surface area contributed by atoms with Gasteiger partial charge in [-0.2, -0.15) is 0 Å². The molecule has 0 fully saturated rings. The summed E-state index contributed by atoms with van der Waals surface area (Å²) < 4.78 is 0. The van der Waals surface area contributed by atoms with E-state index in [4.69, 9.17) is 0 Å². The summed E-state index contributed by atoms with van der Waals surface area (Å²) in [6.45, 7) is 24.5. The summed E-state index contributed by atoms with van der Waals surface area (Å²) in [6.07, 6.45) is 0. The second-order valence-electron chi connectivity index (χ2n) is 12.0. The van der Waals surface area contributed by atoms with E-state index >= 15 is 0 Å². The lowest BCUT2D eigenvalue weighted by Gasteiger charge is -2.29. The average Bonchev–Trinajstić information content (AvgIpc) is 2.78. The van der Waals surface area contributed by atoms with Crippen molar-refractivity contribution in [2.75, 3.05) is 0 Å². The molecule has 0 N–H and O–H groups in total. The van der Waals surface area contributed by atoms with Crippen LogP contribution in [0.5, 0.6) is 0 Å². The zero-order chi connectivity index (χ0) is 21.0. The lowest BCUT2D eigenvalue weighted by atomic mass is 9.75. The van der Waals surface area contributed by atoms with Gasteiger partial charge in [0.05, 0.1) is 0 Å². The summed E-state index contributed by atoms with van der Waals surface area (Å²) in [7, 11) is 0. The molecule has 2 aromatic rings. The second kappa shape index (κ2) is 8.63. The molecule has 150 valence electrons. The van der Waals surface area contributed by atoms with Crippen molar-refractivity contribution >= 4 is 0 Å². The quantitative estimate of drug-likeness (QED) is 0.436. The zero-order valence-corrected chi connectivity index (χ0v) is 19.7. The van der Waals surface area contributed by atoms with Crippen LogP contribution in [0.25, 0.3) is 11.1 Å². The third-order valence-corrected chi connectivity index (χ3v) is 3.70. The van der Waals surface area contributed by atoms with E-state index < -0.39 is 0 Å². The molecular weight excluding hydrogens is 324 g/mol. The van der Waals surface area contributed by atoms with E-state index in [0.29, 0.717) is 16.7 Å². The van der Waals surface area contributed by atoms with E-state index in [2.05, 4.69) is 125 Å². The summed E-state index contributed by atoms with van der Waals surface area (Å²) in [5, 5.41) is 0. The van der Waals surface area contributed by atoms with Crippen molar-refractivity contribution in [2.45, 2.75) is 82.1 Å². The molecule has 0 bridgehead atoms. The van der Waals surface area contributed by atoms with Crippen molar-refractivity contribution < 1.29 is 0 Å². The largest absolute Gasteiger partial charge is 0.0619 e. The second-order valence-corrected chi connectivity index (χ2v) is 12.0. The predicted molar refractivity (Wildman–Crippen MR) is 123 cm³/mol. The Morgan fingerprint density at radius 1 is 0.481 bits per heavy atom. The maximum atomic E-state index is 2.33. The maximum absolute atomic E-state index is 2.33. The molecule has 0 aromatic heterocycles. The summed E-state index contributed by atoms with van der Waals surface area (Å²) in [4.78, 5) is 0. The Labute approximate surface area is 169 Å². The van der Waals surface area contributed by atoms with Crippen molar-refractivity contribution in [3.63, 3.8) is 0 Å². The Bertz CT molecular complexity index is 645. The molecule has 27 heavy (non-hydrogen) atoms. The van der Waals surface area contributed by atoms with Gasteiger partial charge >= 0.3 is 0 Å². The summed E-state index contributed by atoms with van der Waals surface area (Å²) in [5.41, 5.74) is 7.08. The molecule has 0 saturated heterocycles. The number of rotatable bonds is 0. The number of hydrogen-bond acceptors (Lipinski definition) is 0. The van der Waals surface area contributed by atoms with Crippen LogP contribution in [0.1, 0.15) is 93.2 Å². The van der Waals surface area contributed by atoms with Crippen LogP contribution >= 0.6 is 0 Å². The first-order valence-electron chi connectivity index (χ1n) is 10.3. The highest BCUT2D eigenvalue weighted by Gasteiger charge is 2.35. The van der Waals surface area contributed by atoms with E-state index in [9.17, 15) is 0 Å². The highest BCUT2D eigenvalue weighted by atomic mass is 14.4. The predicted octanol–water partition coefficient (Wildman–Crippen LogP) is 8.95. The van der Waals surface area contributed by atoms with Crippen LogP contribution in [0.3, 0.4) is 0 Å². The Kier molecular flexibility index (Phi) is 7.51. The van der Waals surface area contributed by atoms with Crippen LogP contribution in [0.15, 0.2) is 48.5 Å². The molecule has 0 aliphatic heterocycles. The number of benzene rings is 2. The minimum absolute atomic E-state index is 0.267. The fraction of sp³-hybridized carbons (Fsp3) is 0.556. The summed E-state index contributed by atoms with van der Waals surface area (Å²) >= 11 is 0. The molecule has 1 aliphatic carbocycles. The van der Waals surface area contributed by atoms with E-state index in [1.165, 1.54) is 22.3 Å². The van der Waals surface area contributed by atoms with E-state index in [1.54, 1.807) is 0 Å². The van der Waals surface area contributed by atoms with Crippen molar-refractivity contribution in [3.05, 3.63) is 59.7 Å². The lowest BCUT2D eigenvalue weighted by molar-refractivity contribution is 0.363. The number of fused-ring (bicyclic) bond motifs is 3. The molecule has 2 aromatic carbocycles. The standard InChI is InChI=1S/C17H18.2C5H12/c1-17(2,3)16-14-10-6-4-8-12(14)13-9-5-7-11-15(13)16;2*1-5(2,3)4/h4-11,16H,1-3H3;2*1-4H3. The molecule has 3 rings (SSSR count). The van der Waals surface area contributed by atoms with Crippen LogP contribution in [-0.2, 0) is 0 Å². The zero-order valence-electron chi connectivity index (χ0n) is 19.7. The first kappa shape index (κ1) is 23.5. The highest BCUT2D eigenvalue weighted by molar-refractivity contribution is 5.79. The van der Waals surface area contributed by atoms with Crippen LogP contribution in [0.2, 0.25) is 0 Å². The molecule has 0 heterocycles. The van der Waals surface area contributed by atoms with Crippen molar-refractivity contribution in [3.8, 4) is 11.1 Å². The monoisotopic (exact) mass is 366 g/mol. The van der Waals surface area contributed by atoms with Crippen LogP contribution in [-0.4, -0.2) is 0 Å². The SMILES string of the molecule is CC(C)(C)C.CC(C)(C)C.CC(C)(C)C1c2ccccc2-c2ccccc21. The van der Waals surface area contributed by atoms with Gasteiger partial charge in [-0.1, -0.05) is 125 Å². The molecular formula is C27H42. The van der Waals surface area contributed by atoms with Gasteiger partial charge in [0.15, 0.2) is 0 Å². The van der Waals surface area contributed by atoms with Gasteiger partial charge in [0.25, 0.3) is 0 Å². The Morgan fingerprint density at radius 2 is 0.741 bits per heavy atom. The molecule has 0 saturated carbocycles. The fourth-order valence-electron chi connectivity index (χ4n) is 3.09. The highest BCUT2D eigenvalue weighted by Crippen LogP contribution is 2.52. The first-order valence-corrected chi connectivity index (χ1v) is 10.3. The van der Waals surface area contributed by atoms with Gasteiger partial charge in [-0.15, -0.1) is 0 Å². The van der Waals surface area contributed by atoms with Gasteiger partial charge in [0, 0.05) is 5.92 Å². The maximum Gasteiger partial charge on any atom is 0.0150 e. The molecule has 0 unspecified atom stereocenters. The first-order chi connectivity index (χ1) is 12.1. The lowest BCUT2D eigenvalue weighted by Crippen LogP contribution is -2.17. The Morgan fingerprint density at radius 3 is 1.00 bits per heavy atom. The van der Waals surface area contributed by atoms with Gasteiger partial charge in [-0.05, 0) is 38.5 Å². The third kappa shape index (κ3) is 8.33. The van der Waals surface area contributed by atoms with Gasteiger partial charge in [-0.25, -0.2) is 0 Å². The summed E-state index contributed by atoms with van der Waals surface area (Å²) in [6, 6.07) is 17.7. The van der Waals surface area contributed by atoms with Crippen molar-refractivity contribution in [1.82, 2.24) is 0 Å². The minimum atomic E-state index is 0.267. The fourth-order valence-corrected chi connectivity index (χ4v) is 3.09. The topological polar surface area (TPSA) is 0 Å². The van der Waals surface area contributed by atoms with Gasteiger partial charge in [-0.3, -0.25) is 0 Å². The van der Waals surface area contributed by atoms with Crippen molar-refractivity contribution in [2.24, 2.45) is 16.2 Å². The van der Waals surface area contributed by atoms with Gasteiger partial charge in [0.2, 0.25) is 0 Å². The van der Waals surface area contributed by atoms with E-state index in [-0.39, 0.29) is 5.41 Å². The summed E-state index contributed by atoms with van der Waals surface area (Å²) in [5.74, 6) is 0.523. The molecule has 0 amide bonds. The van der Waals surface area contributed by atoms with E-state index in [1.807, 2.05) is 0 Å². The third-order valence-electron chi connectivity index (χ3n) is 3.70. The minimum Gasteiger partial charge on any atom is -0.0619 e. The van der Waals surface area contributed by atoms with Crippen LogP contribution in [0, 0.1) is 16.2 Å². The molecule has 0 atom stereocenters. The molecule has 0 spiro atoms. The van der Waals surface area contributed by atoms with Crippen molar-refractivity contribution in [1.29, 1.82) is 0 Å². The molecule has 0 radical (unpaired) electrons. The average molecular weight is 367 g/mol. The molecule has 0 heteroatoms. The Hall–Kier alpha value is -1.56. The van der Waals surface area contributed by atoms with E-state index in [0.717, 1.165) is 0 Å². The molecule has 0 nitrogen and oxygen atoms in total. The Balaban J connectivity index is 0.000000306. The normalized spacial score (nSPS) is 13.6.